The lowest BCUT2D eigenvalue weighted by atomic mass is 10.1. The molecule has 0 radical (unpaired) electrons. The molecule has 0 aromatic carbocycles. The van der Waals surface area contributed by atoms with E-state index in [2.05, 4.69) is 5.32 Å². The van der Waals surface area contributed by atoms with Crippen LogP contribution in [0, 0.1) is 0 Å². The van der Waals surface area contributed by atoms with Crippen LogP contribution in [0.1, 0.15) is 26.7 Å². The fourth-order valence-electron chi connectivity index (χ4n) is 1.05. The number of amides is 2. The van der Waals surface area contributed by atoms with Crippen LogP contribution in [0.25, 0.3) is 0 Å². The summed E-state index contributed by atoms with van der Waals surface area (Å²) in [6.07, 6.45) is -0.313. The Labute approximate surface area is 89.0 Å². The van der Waals surface area contributed by atoms with Crippen molar-refractivity contribution in [2.24, 2.45) is 11.5 Å². The van der Waals surface area contributed by atoms with Gasteiger partial charge in [-0.3, -0.25) is 9.59 Å². The van der Waals surface area contributed by atoms with E-state index in [-0.39, 0.29) is 12.3 Å². The van der Waals surface area contributed by atoms with Gasteiger partial charge in [-0.1, -0.05) is 0 Å². The number of carbonyl (C=O) groups is 2. The van der Waals surface area contributed by atoms with Crippen molar-refractivity contribution < 1.29 is 14.7 Å². The predicted molar refractivity (Wildman–Crippen MR) is 55.7 cm³/mol. The van der Waals surface area contributed by atoms with Crippen molar-refractivity contribution in [3.63, 3.8) is 0 Å². The topological polar surface area (TPSA) is 118 Å². The van der Waals surface area contributed by atoms with Crippen molar-refractivity contribution in [1.82, 2.24) is 5.32 Å². The fourth-order valence-corrected chi connectivity index (χ4v) is 1.05. The molecule has 0 aliphatic rings. The van der Waals surface area contributed by atoms with E-state index < -0.39 is 24.1 Å². The highest BCUT2D eigenvalue weighted by Gasteiger charge is 2.19. The summed E-state index contributed by atoms with van der Waals surface area (Å²) in [5.41, 5.74) is 10.3. The lowest BCUT2D eigenvalue weighted by molar-refractivity contribution is -0.124. The van der Waals surface area contributed by atoms with Crippen molar-refractivity contribution in [3.8, 4) is 0 Å². The Balaban J connectivity index is 4.16. The van der Waals surface area contributed by atoms with Gasteiger partial charge in [0.05, 0.1) is 18.2 Å². The zero-order chi connectivity index (χ0) is 12.0. The molecular weight excluding hydrogens is 198 g/mol. The number of primary amides is 1. The molecule has 6 N–H and O–H groups in total. The van der Waals surface area contributed by atoms with Gasteiger partial charge in [0.2, 0.25) is 11.8 Å². The maximum Gasteiger partial charge on any atom is 0.236 e. The van der Waals surface area contributed by atoms with Gasteiger partial charge in [0.15, 0.2) is 0 Å². The first-order valence-corrected chi connectivity index (χ1v) is 4.87. The van der Waals surface area contributed by atoms with Crippen LogP contribution in [0.4, 0.5) is 0 Å². The van der Waals surface area contributed by atoms with E-state index in [0.29, 0.717) is 6.42 Å². The second kappa shape index (κ2) is 6.36. The third kappa shape index (κ3) is 6.03. The summed E-state index contributed by atoms with van der Waals surface area (Å²) < 4.78 is 0. The Kier molecular flexibility index (Phi) is 5.88. The largest absolute Gasteiger partial charge is 0.391 e. The van der Waals surface area contributed by atoms with Crippen LogP contribution >= 0.6 is 0 Å². The first-order chi connectivity index (χ1) is 6.84. The average molecular weight is 217 g/mol. The normalized spacial score (nSPS) is 16.5. The van der Waals surface area contributed by atoms with Crippen LogP contribution < -0.4 is 16.8 Å². The van der Waals surface area contributed by atoms with E-state index in [0.717, 1.165) is 0 Å². The zero-order valence-corrected chi connectivity index (χ0v) is 9.06. The summed E-state index contributed by atoms with van der Waals surface area (Å²) in [5, 5.41) is 11.9. The Morgan fingerprint density at radius 2 is 1.93 bits per heavy atom. The van der Waals surface area contributed by atoms with Gasteiger partial charge in [-0.15, -0.1) is 0 Å². The second-order valence-electron chi connectivity index (χ2n) is 3.65. The maximum atomic E-state index is 11.2. The average Bonchev–Trinajstić information content (AvgIpc) is 2.10. The number of hydrogen-bond acceptors (Lipinski definition) is 4. The van der Waals surface area contributed by atoms with E-state index in [9.17, 15) is 14.7 Å². The molecule has 2 unspecified atom stereocenters. The minimum absolute atomic E-state index is 0.120. The third-order valence-corrected chi connectivity index (χ3v) is 2.03. The van der Waals surface area contributed by atoms with Gasteiger partial charge in [-0.2, -0.15) is 0 Å². The number of aliphatic hydroxyl groups is 1. The SMILES string of the molecule is CC(O)C(CCC(N)=O)NC(=O)[C@H](C)N. The van der Waals surface area contributed by atoms with E-state index in [4.69, 9.17) is 11.5 Å². The van der Waals surface area contributed by atoms with Crippen LogP contribution in [-0.4, -0.2) is 35.1 Å². The minimum Gasteiger partial charge on any atom is -0.391 e. The van der Waals surface area contributed by atoms with E-state index in [1.807, 2.05) is 0 Å². The number of aliphatic hydroxyl groups excluding tert-OH is 1. The second-order valence-corrected chi connectivity index (χ2v) is 3.65. The first kappa shape index (κ1) is 13.9. The Morgan fingerprint density at radius 3 is 2.27 bits per heavy atom. The van der Waals surface area contributed by atoms with Crippen LogP contribution in [0.2, 0.25) is 0 Å². The molecule has 3 atom stereocenters. The number of nitrogens with one attached hydrogen (secondary N) is 1. The van der Waals surface area contributed by atoms with Gasteiger partial charge in [-0.05, 0) is 20.3 Å². The van der Waals surface area contributed by atoms with Gasteiger partial charge in [0.1, 0.15) is 0 Å². The van der Waals surface area contributed by atoms with Crippen molar-refractivity contribution in [1.29, 1.82) is 0 Å². The first-order valence-electron chi connectivity index (χ1n) is 4.87. The standard InChI is InChI=1S/C9H19N3O3/c1-5(10)9(15)12-7(6(2)13)3-4-8(11)14/h5-7,13H,3-4,10H2,1-2H3,(H2,11,14)(H,12,15)/t5-,6?,7?/m0/s1. The highest BCUT2D eigenvalue weighted by Crippen LogP contribution is 2.02. The van der Waals surface area contributed by atoms with Crippen molar-refractivity contribution in [2.45, 2.75) is 44.9 Å². The van der Waals surface area contributed by atoms with E-state index in [1.54, 1.807) is 6.92 Å². The molecule has 0 heterocycles. The van der Waals surface area contributed by atoms with Crippen LogP contribution in [0.5, 0.6) is 0 Å². The Morgan fingerprint density at radius 1 is 1.40 bits per heavy atom. The summed E-state index contributed by atoms with van der Waals surface area (Å²) in [7, 11) is 0. The molecule has 2 amide bonds. The summed E-state index contributed by atoms with van der Waals surface area (Å²) in [4.78, 5) is 21.8. The molecule has 6 nitrogen and oxygen atoms in total. The van der Waals surface area contributed by atoms with Crippen LogP contribution in [-0.2, 0) is 9.59 Å². The molecule has 0 rings (SSSR count). The van der Waals surface area contributed by atoms with E-state index >= 15 is 0 Å². The molecule has 0 aliphatic heterocycles. The van der Waals surface area contributed by atoms with Gasteiger partial charge >= 0.3 is 0 Å². The minimum atomic E-state index is -0.743. The number of nitrogens with two attached hydrogens (primary N) is 2. The Hall–Kier alpha value is -1.14. The molecule has 15 heavy (non-hydrogen) atoms. The summed E-state index contributed by atoms with van der Waals surface area (Å²) in [5.74, 6) is -0.818. The molecule has 0 saturated heterocycles. The summed E-state index contributed by atoms with van der Waals surface area (Å²) >= 11 is 0. The number of rotatable bonds is 6. The van der Waals surface area contributed by atoms with Crippen LogP contribution in [0.15, 0.2) is 0 Å². The lowest BCUT2D eigenvalue weighted by Crippen LogP contribution is -2.48. The molecule has 0 bridgehead atoms. The molecule has 0 aliphatic carbocycles. The highest BCUT2D eigenvalue weighted by atomic mass is 16.3. The smallest absolute Gasteiger partial charge is 0.236 e. The van der Waals surface area contributed by atoms with E-state index in [1.165, 1.54) is 6.92 Å². The summed E-state index contributed by atoms with van der Waals surface area (Å²) in [6.45, 7) is 3.08. The van der Waals surface area contributed by atoms with Gasteiger partial charge in [0.25, 0.3) is 0 Å². The lowest BCUT2D eigenvalue weighted by Gasteiger charge is -2.21. The molecule has 0 aromatic heterocycles. The molecule has 0 spiro atoms. The molecule has 0 aromatic rings. The quantitative estimate of drug-likeness (QED) is 0.431. The van der Waals surface area contributed by atoms with Crippen molar-refractivity contribution in [3.05, 3.63) is 0 Å². The number of carbonyl (C=O) groups excluding carboxylic acids is 2. The molecule has 6 heteroatoms. The highest BCUT2D eigenvalue weighted by molar-refractivity contribution is 5.81. The zero-order valence-electron chi connectivity index (χ0n) is 9.06. The molecule has 0 fully saturated rings. The van der Waals surface area contributed by atoms with Crippen molar-refractivity contribution >= 4 is 11.8 Å². The summed E-state index contributed by atoms with van der Waals surface area (Å²) in [6, 6.07) is -1.13. The third-order valence-electron chi connectivity index (χ3n) is 2.03. The predicted octanol–water partition coefficient (Wildman–Crippen LogP) is -1.54. The van der Waals surface area contributed by atoms with Gasteiger partial charge < -0.3 is 21.9 Å². The fraction of sp³-hybridized carbons (Fsp3) is 0.778. The van der Waals surface area contributed by atoms with Gasteiger partial charge in [-0.25, -0.2) is 0 Å². The Bertz CT molecular complexity index is 229. The number of hydrogen-bond donors (Lipinski definition) is 4. The maximum absolute atomic E-state index is 11.2. The molecular formula is C9H19N3O3. The monoisotopic (exact) mass is 217 g/mol. The van der Waals surface area contributed by atoms with Crippen molar-refractivity contribution in [2.75, 3.05) is 0 Å². The van der Waals surface area contributed by atoms with Gasteiger partial charge in [0, 0.05) is 6.42 Å². The molecule has 88 valence electrons. The van der Waals surface area contributed by atoms with Crippen LogP contribution in [0.3, 0.4) is 0 Å². The molecule has 0 saturated carbocycles.